The van der Waals surface area contributed by atoms with Crippen LogP contribution in [0, 0.1) is 0 Å². The number of phenolic OH excluding ortho intramolecular Hbond substituents is 1. The van der Waals surface area contributed by atoms with Crippen molar-refractivity contribution in [2.75, 3.05) is 0 Å². The Balaban J connectivity index is 2.15. The van der Waals surface area contributed by atoms with Crippen molar-refractivity contribution >= 4 is 0 Å². The average Bonchev–Trinajstić information content (AvgIpc) is 2.56. The Kier molecular flexibility index (Phi) is 2.23. The summed E-state index contributed by atoms with van der Waals surface area (Å²) in [5.74, 6) is 0.301. The van der Waals surface area contributed by atoms with E-state index in [1.807, 2.05) is 29.9 Å². The molecule has 0 radical (unpaired) electrons. The van der Waals surface area contributed by atoms with Crippen molar-refractivity contribution < 1.29 is 5.11 Å². The fourth-order valence-electron chi connectivity index (χ4n) is 1.38. The standard InChI is InChI=1S/C11H12N2O/c1-13-7-10(12-8-13)6-9-2-4-11(14)5-3-9/h2-5,7-8,14H,6H2,1H3. The van der Waals surface area contributed by atoms with E-state index in [9.17, 15) is 0 Å². The molecule has 0 saturated heterocycles. The second kappa shape index (κ2) is 3.54. The fourth-order valence-corrected chi connectivity index (χ4v) is 1.38. The van der Waals surface area contributed by atoms with Gasteiger partial charge in [-0.15, -0.1) is 0 Å². The summed E-state index contributed by atoms with van der Waals surface area (Å²) in [4.78, 5) is 4.23. The first-order valence-corrected chi connectivity index (χ1v) is 4.49. The first-order chi connectivity index (χ1) is 6.74. The lowest BCUT2D eigenvalue weighted by atomic mass is 10.1. The molecule has 0 aliphatic rings. The second-order valence-electron chi connectivity index (χ2n) is 3.37. The van der Waals surface area contributed by atoms with Crippen LogP contribution in [0.3, 0.4) is 0 Å². The number of aromatic nitrogens is 2. The van der Waals surface area contributed by atoms with Crippen molar-refractivity contribution in [2.45, 2.75) is 6.42 Å². The van der Waals surface area contributed by atoms with Gasteiger partial charge in [-0.2, -0.15) is 0 Å². The summed E-state index contributed by atoms with van der Waals surface area (Å²) in [6.07, 6.45) is 4.59. The largest absolute Gasteiger partial charge is 0.508 e. The summed E-state index contributed by atoms with van der Waals surface area (Å²) in [5.41, 5.74) is 2.19. The van der Waals surface area contributed by atoms with Crippen molar-refractivity contribution in [3.63, 3.8) is 0 Å². The quantitative estimate of drug-likeness (QED) is 0.779. The van der Waals surface area contributed by atoms with E-state index in [1.165, 1.54) is 0 Å². The Hall–Kier alpha value is -1.77. The molecule has 0 atom stereocenters. The SMILES string of the molecule is Cn1cnc(Cc2ccc(O)cc2)c1. The van der Waals surface area contributed by atoms with Gasteiger partial charge < -0.3 is 9.67 Å². The number of hydrogen-bond donors (Lipinski definition) is 1. The molecule has 0 fully saturated rings. The predicted molar refractivity (Wildman–Crippen MR) is 54.1 cm³/mol. The summed E-state index contributed by atoms with van der Waals surface area (Å²) < 4.78 is 1.93. The summed E-state index contributed by atoms with van der Waals surface area (Å²) >= 11 is 0. The van der Waals surface area contributed by atoms with Gasteiger partial charge in [0.15, 0.2) is 0 Å². The van der Waals surface area contributed by atoms with E-state index < -0.39 is 0 Å². The molecule has 0 aliphatic carbocycles. The number of aromatic hydroxyl groups is 1. The summed E-state index contributed by atoms with van der Waals surface area (Å²) in [6.45, 7) is 0. The van der Waals surface area contributed by atoms with E-state index in [2.05, 4.69) is 4.98 Å². The topological polar surface area (TPSA) is 38.0 Å². The summed E-state index contributed by atoms with van der Waals surface area (Å²) in [5, 5.41) is 9.11. The van der Waals surface area contributed by atoms with Gasteiger partial charge in [0, 0.05) is 19.7 Å². The lowest BCUT2D eigenvalue weighted by molar-refractivity contribution is 0.475. The van der Waals surface area contributed by atoms with Crippen molar-refractivity contribution in [2.24, 2.45) is 7.05 Å². The molecule has 1 aromatic carbocycles. The van der Waals surface area contributed by atoms with E-state index >= 15 is 0 Å². The molecule has 0 bridgehead atoms. The van der Waals surface area contributed by atoms with Crippen LogP contribution in [0.25, 0.3) is 0 Å². The maximum atomic E-state index is 9.11. The highest BCUT2D eigenvalue weighted by molar-refractivity contribution is 5.28. The smallest absolute Gasteiger partial charge is 0.115 e. The number of aryl methyl sites for hydroxylation is 1. The minimum absolute atomic E-state index is 0.301. The van der Waals surface area contributed by atoms with Crippen LogP contribution in [0.5, 0.6) is 5.75 Å². The van der Waals surface area contributed by atoms with Gasteiger partial charge >= 0.3 is 0 Å². The number of nitrogens with zero attached hydrogens (tertiary/aromatic N) is 2. The molecule has 1 N–H and O–H groups in total. The third kappa shape index (κ3) is 1.93. The molecule has 2 rings (SSSR count). The van der Waals surface area contributed by atoms with Crippen LogP contribution in [0.4, 0.5) is 0 Å². The Bertz CT molecular complexity index is 417. The molecule has 0 unspecified atom stereocenters. The van der Waals surface area contributed by atoms with Crippen LogP contribution in [0.1, 0.15) is 11.3 Å². The van der Waals surface area contributed by atoms with Crippen LogP contribution in [0.15, 0.2) is 36.8 Å². The zero-order valence-corrected chi connectivity index (χ0v) is 8.01. The van der Waals surface area contributed by atoms with Gasteiger partial charge in [-0.25, -0.2) is 4.98 Å². The zero-order valence-electron chi connectivity index (χ0n) is 8.01. The highest BCUT2D eigenvalue weighted by atomic mass is 16.3. The second-order valence-corrected chi connectivity index (χ2v) is 3.37. The lowest BCUT2D eigenvalue weighted by Crippen LogP contribution is -1.87. The van der Waals surface area contributed by atoms with Crippen molar-refractivity contribution in [1.29, 1.82) is 0 Å². The maximum Gasteiger partial charge on any atom is 0.115 e. The van der Waals surface area contributed by atoms with Gasteiger partial charge in [-0.05, 0) is 17.7 Å². The third-order valence-electron chi connectivity index (χ3n) is 2.08. The van der Waals surface area contributed by atoms with Gasteiger partial charge in [0.25, 0.3) is 0 Å². The minimum Gasteiger partial charge on any atom is -0.508 e. The van der Waals surface area contributed by atoms with Gasteiger partial charge in [0.05, 0.1) is 12.0 Å². The van der Waals surface area contributed by atoms with E-state index in [4.69, 9.17) is 5.11 Å². The molecule has 3 nitrogen and oxygen atoms in total. The minimum atomic E-state index is 0.301. The highest BCUT2D eigenvalue weighted by Crippen LogP contribution is 2.12. The number of benzene rings is 1. The summed E-state index contributed by atoms with van der Waals surface area (Å²) in [7, 11) is 1.95. The highest BCUT2D eigenvalue weighted by Gasteiger charge is 1.98. The molecule has 1 heterocycles. The normalized spacial score (nSPS) is 10.4. The Morgan fingerprint density at radius 1 is 1.29 bits per heavy atom. The molecular weight excluding hydrogens is 176 g/mol. The average molecular weight is 188 g/mol. The Morgan fingerprint density at radius 2 is 2.00 bits per heavy atom. The van der Waals surface area contributed by atoms with Crippen LogP contribution in [0.2, 0.25) is 0 Å². The van der Waals surface area contributed by atoms with E-state index in [-0.39, 0.29) is 0 Å². The molecular formula is C11H12N2O. The van der Waals surface area contributed by atoms with Crippen molar-refractivity contribution in [1.82, 2.24) is 9.55 Å². The van der Waals surface area contributed by atoms with E-state index in [0.717, 1.165) is 17.7 Å². The van der Waals surface area contributed by atoms with Crippen LogP contribution in [-0.2, 0) is 13.5 Å². The Labute approximate surface area is 82.7 Å². The molecule has 0 amide bonds. The van der Waals surface area contributed by atoms with Gasteiger partial charge in [-0.3, -0.25) is 0 Å². The monoisotopic (exact) mass is 188 g/mol. The maximum absolute atomic E-state index is 9.11. The van der Waals surface area contributed by atoms with Gasteiger partial charge in [0.2, 0.25) is 0 Å². The molecule has 1 aromatic heterocycles. The van der Waals surface area contributed by atoms with Crippen LogP contribution < -0.4 is 0 Å². The molecule has 14 heavy (non-hydrogen) atoms. The number of hydrogen-bond acceptors (Lipinski definition) is 2. The molecule has 72 valence electrons. The van der Waals surface area contributed by atoms with Crippen molar-refractivity contribution in [3.05, 3.63) is 48.0 Å². The third-order valence-corrected chi connectivity index (χ3v) is 2.08. The number of rotatable bonds is 2. The molecule has 0 saturated carbocycles. The zero-order chi connectivity index (χ0) is 9.97. The van der Waals surface area contributed by atoms with E-state index in [0.29, 0.717) is 5.75 Å². The summed E-state index contributed by atoms with van der Waals surface area (Å²) in [6, 6.07) is 7.20. The van der Waals surface area contributed by atoms with Gasteiger partial charge in [0.1, 0.15) is 5.75 Å². The van der Waals surface area contributed by atoms with E-state index in [1.54, 1.807) is 18.5 Å². The molecule has 2 aromatic rings. The van der Waals surface area contributed by atoms with Crippen LogP contribution >= 0.6 is 0 Å². The molecule has 0 aliphatic heterocycles. The molecule has 0 spiro atoms. The predicted octanol–water partition coefficient (Wildman–Crippen LogP) is 1.72. The first kappa shape index (κ1) is 8.81. The Morgan fingerprint density at radius 3 is 2.57 bits per heavy atom. The van der Waals surface area contributed by atoms with Crippen LogP contribution in [-0.4, -0.2) is 14.7 Å². The first-order valence-electron chi connectivity index (χ1n) is 4.49. The number of imidazole rings is 1. The van der Waals surface area contributed by atoms with Crippen molar-refractivity contribution in [3.8, 4) is 5.75 Å². The fraction of sp³-hybridized carbons (Fsp3) is 0.182. The molecule has 3 heteroatoms. The van der Waals surface area contributed by atoms with Gasteiger partial charge in [-0.1, -0.05) is 12.1 Å². The number of phenols is 1. The lowest BCUT2D eigenvalue weighted by Gasteiger charge is -1.97.